The van der Waals surface area contributed by atoms with E-state index in [0.717, 1.165) is 15.5 Å². The van der Waals surface area contributed by atoms with Crippen molar-refractivity contribution in [1.82, 2.24) is 14.9 Å². The maximum absolute atomic E-state index is 14.3. The van der Waals surface area contributed by atoms with Crippen LogP contribution in [0.2, 0.25) is 0 Å². The largest absolute Gasteiger partial charge is 0.342 e. The molecule has 4 rings (SSSR count). The lowest BCUT2D eigenvalue weighted by molar-refractivity contribution is 0.0937. The summed E-state index contributed by atoms with van der Waals surface area (Å²) in [5.41, 5.74) is 2.84. The number of nitrogens with zero attached hydrogens (tertiary/aromatic N) is 2. The Morgan fingerprint density at radius 1 is 1.10 bits per heavy atom. The summed E-state index contributed by atoms with van der Waals surface area (Å²) >= 11 is 3.39. The molecular weight excluding hydrogens is 433 g/mol. The predicted octanol–water partition coefficient (Wildman–Crippen LogP) is 5.48. The van der Waals surface area contributed by atoms with E-state index >= 15 is 0 Å². The summed E-state index contributed by atoms with van der Waals surface area (Å²) in [6.07, 6.45) is 0. The monoisotopic (exact) mass is 451 g/mol. The zero-order chi connectivity index (χ0) is 20.4. The van der Waals surface area contributed by atoms with Crippen LogP contribution < -0.4 is 5.32 Å². The Labute approximate surface area is 176 Å². The van der Waals surface area contributed by atoms with E-state index in [9.17, 15) is 9.18 Å². The van der Waals surface area contributed by atoms with Crippen LogP contribution in [0, 0.1) is 5.82 Å². The third-order valence-electron chi connectivity index (χ3n) is 4.79. The molecule has 146 valence electrons. The van der Waals surface area contributed by atoms with Gasteiger partial charge in [0.05, 0.1) is 23.6 Å². The van der Waals surface area contributed by atoms with E-state index in [1.54, 1.807) is 24.3 Å². The van der Waals surface area contributed by atoms with Gasteiger partial charge in [-0.2, -0.15) is 0 Å². The van der Waals surface area contributed by atoms with Gasteiger partial charge in [0.15, 0.2) is 0 Å². The van der Waals surface area contributed by atoms with Crippen molar-refractivity contribution in [3.63, 3.8) is 0 Å². The molecule has 1 amide bonds. The molecule has 3 aromatic carbocycles. The summed E-state index contributed by atoms with van der Waals surface area (Å²) in [5.74, 6) is 0.225. The fourth-order valence-corrected chi connectivity index (χ4v) is 3.76. The lowest BCUT2D eigenvalue weighted by Crippen LogP contribution is -2.29. The van der Waals surface area contributed by atoms with Gasteiger partial charge in [-0.25, -0.2) is 9.37 Å². The van der Waals surface area contributed by atoms with Gasteiger partial charge in [0.1, 0.15) is 11.6 Å². The third-order valence-corrected chi connectivity index (χ3v) is 5.29. The number of amides is 1. The Morgan fingerprint density at radius 3 is 2.66 bits per heavy atom. The number of carbonyl (C=O) groups is 1. The van der Waals surface area contributed by atoms with Gasteiger partial charge in [-0.1, -0.05) is 52.3 Å². The number of hydrogen-bond acceptors (Lipinski definition) is 2. The lowest BCUT2D eigenvalue weighted by Gasteiger charge is -2.17. The molecule has 0 radical (unpaired) electrons. The summed E-state index contributed by atoms with van der Waals surface area (Å²) in [5, 5.41) is 3.00. The minimum Gasteiger partial charge on any atom is -0.342 e. The van der Waals surface area contributed by atoms with E-state index in [1.165, 1.54) is 6.07 Å². The highest BCUT2D eigenvalue weighted by atomic mass is 79.9. The number of benzene rings is 3. The highest BCUT2D eigenvalue weighted by Crippen LogP contribution is 2.23. The first-order chi connectivity index (χ1) is 14.0. The number of para-hydroxylation sites is 2. The maximum atomic E-state index is 14.3. The normalized spacial score (nSPS) is 12.1. The van der Waals surface area contributed by atoms with Crippen LogP contribution in [-0.2, 0) is 6.54 Å². The average Bonchev–Trinajstić information content (AvgIpc) is 3.08. The van der Waals surface area contributed by atoms with Crippen molar-refractivity contribution in [2.45, 2.75) is 19.5 Å². The van der Waals surface area contributed by atoms with Crippen LogP contribution in [0.1, 0.15) is 34.7 Å². The van der Waals surface area contributed by atoms with Gasteiger partial charge in [0, 0.05) is 15.6 Å². The van der Waals surface area contributed by atoms with Crippen LogP contribution in [0.25, 0.3) is 11.0 Å². The van der Waals surface area contributed by atoms with Gasteiger partial charge < -0.3 is 9.88 Å². The number of hydrogen-bond donors (Lipinski definition) is 1. The second-order valence-electron chi connectivity index (χ2n) is 6.84. The molecule has 0 unspecified atom stereocenters. The van der Waals surface area contributed by atoms with Crippen LogP contribution >= 0.6 is 15.9 Å². The molecule has 0 aliphatic heterocycles. The summed E-state index contributed by atoms with van der Waals surface area (Å²) in [7, 11) is 0. The topological polar surface area (TPSA) is 46.9 Å². The first-order valence-corrected chi connectivity index (χ1v) is 10.1. The van der Waals surface area contributed by atoms with E-state index in [0.29, 0.717) is 23.5 Å². The standard InChI is InChI=1S/C23H19BrFN3O/c1-15(26-23(29)16-8-6-9-18(24)13-16)22-27-20-11-4-5-12-21(20)28(22)14-17-7-2-3-10-19(17)25/h2-13,15H,14H2,1H3,(H,26,29)/t15-/m0/s1. The van der Waals surface area contributed by atoms with Crippen LogP contribution in [0.5, 0.6) is 0 Å². The van der Waals surface area contributed by atoms with Gasteiger partial charge >= 0.3 is 0 Å². The molecule has 0 aliphatic rings. The zero-order valence-electron chi connectivity index (χ0n) is 15.8. The van der Waals surface area contributed by atoms with E-state index < -0.39 is 0 Å². The quantitative estimate of drug-likeness (QED) is 0.436. The second-order valence-corrected chi connectivity index (χ2v) is 7.76. The minimum absolute atomic E-state index is 0.191. The van der Waals surface area contributed by atoms with Gasteiger partial charge in [-0.3, -0.25) is 4.79 Å². The average molecular weight is 452 g/mol. The molecule has 4 nitrogen and oxygen atoms in total. The van der Waals surface area contributed by atoms with E-state index in [4.69, 9.17) is 4.98 Å². The van der Waals surface area contributed by atoms with Crippen molar-refractivity contribution in [2.24, 2.45) is 0 Å². The molecule has 1 N–H and O–H groups in total. The molecular formula is C23H19BrFN3O. The summed E-state index contributed by atoms with van der Waals surface area (Å²) in [6.45, 7) is 2.22. The SMILES string of the molecule is C[C@H](NC(=O)c1cccc(Br)c1)c1nc2ccccc2n1Cc1ccccc1F. The highest BCUT2D eigenvalue weighted by Gasteiger charge is 2.20. The van der Waals surface area contributed by atoms with E-state index in [1.807, 2.05) is 54.0 Å². The van der Waals surface area contributed by atoms with E-state index in [-0.39, 0.29) is 17.8 Å². The van der Waals surface area contributed by atoms with Gasteiger partial charge in [0.2, 0.25) is 0 Å². The molecule has 1 heterocycles. The van der Waals surface area contributed by atoms with Gasteiger partial charge in [-0.15, -0.1) is 0 Å². The lowest BCUT2D eigenvalue weighted by atomic mass is 10.2. The number of rotatable bonds is 5. The Hall–Kier alpha value is -2.99. The fourth-order valence-electron chi connectivity index (χ4n) is 3.36. The second kappa shape index (κ2) is 8.17. The first kappa shape index (κ1) is 19.3. The van der Waals surface area contributed by atoms with Crippen LogP contribution in [0.3, 0.4) is 0 Å². The van der Waals surface area contributed by atoms with Crippen LogP contribution in [0.15, 0.2) is 77.3 Å². The van der Waals surface area contributed by atoms with Crippen molar-refractivity contribution < 1.29 is 9.18 Å². The summed E-state index contributed by atoms with van der Waals surface area (Å²) in [6, 6.07) is 21.3. The number of carbonyl (C=O) groups excluding carboxylic acids is 1. The van der Waals surface area contributed by atoms with Crippen molar-refractivity contribution in [1.29, 1.82) is 0 Å². The molecule has 1 aromatic heterocycles. The highest BCUT2D eigenvalue weighted by molar-refractivity contribution is 9.10. The first-order valence-electron chi connectivity index (χ1n) is 9.28. The van der Waals surface area contributed by atoms with Crippen molar-refractivity contribution in [3.8, 4) is 0 Å². The van der Waals surface area contributed by atoms with Gasteiger partial charge in [-0.05, 0) is 43.3 Å². The molecule has 4 aromatic rings. The summed E-state index contributed by atoms with van der Waals surface area (Å²) < 4.78 is 17.1. The fraction of sp³-hybridized carbons (Fsp3) is 0.130. The number of fused-ring (bicyclic) bond motifs is 1. The zero-order valence-corrected chi connectivity index (χ0v) is 17.4. The molecule has 6 heteroatoms. The van der Waals surface area contributed by atoms with Crippen molar-refractivity contribution in [3.05, 3.63) is 100 Å². The smallest absolute Gasteiger partial charge is 0.251 e. The van der Waals surface area contributed by atoms with Crippen LogP contribution in [0.4, 0.5) is 4.39 Å². The Kier molecular flexibility index (Phi) is 5.45. The Bertz CT molecular complexity index is 1190. The third kappa shape index (κ3) is 4.07. The molecule has 0 bridgehead atoms. The van der Waals surface area contributed by atoms with Crippen molar-refractivity contribution >= 4 is 32.9 Å². The number of nitrogens with one attached hydrogen (secondary N) is 1. The number of imidazole rings is 1. The summed E-state index contributed by atoms with van der Waals surface area (Å²) in [4.78, 5) is 17.4. The molecule has 0 fully saturated rings. The Morgan fingerprint density at radius 2 is 1.86 bits per heavy atom. The molecule has 0 aliphatic carbocycles. The minimum atomic E-state index is -0.361. The van der Waals surface area contributed by atoms with Gasteiger partial charge in [0.25, 0.3) is 5.91 Å². The number of halogens is 2. The van der Waals surface area contributed by atoms with Crippen LogP contribution in [-0.4, -0.2) is 15.5 Å². The molecule has 29 heavy (non-hydrogen) atoms. The molecule has 1 atom stereocenters. The molecule has 0 spiro atoms. The number of aromatic nitrogens is 2. The molecule has 0 saturated carbocycles. The maximum Gasteiger partial charge on any atom is 0.251 e. The Balaban J connectivity index is 1.69. The van der Waals surface area contributed by atoms with Crippen molar-refractivity contribution in [2.75, 3.05) is 0 Å². The molecule has 0 saturated heterocycles. The predicted molar refractivity (Wildman–Crippen MR) is 115 cm³/mol. The van der Waals surface area contributed by atoms with E-state index in [2.05, 4.69) is 21.2 Å².